The van der Waals surface area contributed by atoms with E-state index in [1.165, 1.54) is 36.0 Å². The van der Waals surface area contributed by atoms with E-state index in [1.54, 1.807) is 6.33 Å². The van der Waals surface area contributed by atoms with Crippen LogP contribution in [0.25, 0.3) is 5.69 Å². The molecule has 7 heteroatoms. The summed E-state index contributed by atoms with van der Waals surface area (Å²) < 4.78 is 15.0. The Morgan fingerprint density at radius 1 is 0.931 bits per heavy atom. The number of rotatable bonds is 6. The van der Waals surface area contributed by atoms with Gasteiger partial charge < -0.3 is 5.32 Å². The molecule has 29 heavy (non-hydrogen) atoms. The summed E-state index contributed by atoms with van der Waals surface area (Å²) in [5.74, 6) is -0.580. The van der Waals surface area contributed by atoms with Gasteiger partial charge in [0.2, 0.25) is 5.91 Å². The van der Waals surface area contributed by atoms with Gasteiger partial charge in [-0.1, -0.05) is 60.3 Å². The molecule has 1 heterocycles. The van der Waals surface area contributed by atoms with Crippen molar-refractivity contribution >= 4 is 23.4 Å². The molecule has 0 spiro atoms. The molecule has 1 atom stereocenters. The molecule has 3 aromatic carbocycles. The van der Waals surface area contributed by atoms with Crippen molar-refractivity contribution in [3.05, 3.63) is 103 Å². The second-order valence-electron chi connectivity index (χ2n) is 6.22. The first-order valence-electron chi connectivity index (χ1n) is 8.94. The van der Waals surface area contributed by atoms with Gasteiger partial charge >= 0.3 is 0 Å². The van der Waals surface area contributed by atoms with Crippen LogP contribution >= 0.6 is 11.8 Å². The summed E-state index contributed by atoms with van der Waals surface area (Å²) in [5.41, 5.74) is 2.27. The van der Waals surface area contributed by atoms with Gasteiger partial charge in [0.05, 0.1) is 0 Å². The van der Waals surface area contributed by atoms with Gasteiger partial charge in [-0.25, -0.2) is 4.39 Å². The van der Waals surface area contributed by atoms with Crippen molar-refractivity contribution in [2.75, 3.05) is 5.32 Å². The normalized spacial score (nSPS) is 11.8. The van der Waals surface area contributed by atoms with E-state index in [-0.39, 0.29) is 11.7 Å². The lowest BCUT2D eigenvalue weighted by molar-refractivity contribution is -0.115. The van der Waals surface area contributed by atoms with Crippen molar-refractivity contribution in [3.8, 4) is 5.69 Å². The molecular formula is C22H17FN4OS. The fourth-order valence-corrected chi connectivity index (χ4v) is 3.85. The lowest BCUT2D eigenvalue weighted by atomic mass is 10.1. The van der Waals surface area contributed by atoms with E-state index in [0.717, 1.165) is 11.3 Å². The number of carbonyl (C=O) groups excluding carboxylic acids is 1. The minimum absolute atomic E-state index is 0.226. The Labute approximate surface area is 171 Å². The number of nitrogens with one attached hydrogen (secondary N) is 1. The first-order chi connectivity index (χ1) is 14.2. The van der Waals surface area contributed by atoms with Crippen LogP contribution in [0.15, 0.2) is 96.4 Å². The average Bonchev–Trinajstić information content (AvgIpc) is 3.23. The number of halogens is 1. The fourth-order valence-electron chi connectivity index (χ4n) is 2.82. The van der Waals surface area contributed by atoms with E-state index in [4.69, 9.17) is 0 Å². The molecule has 4 rings (SSSR count). The van der Waals surface area contributed by atoms with Gasteiger partial charge in [-0.3, -0.25) is 9.36 Å². The van der Waals surface area contributed by atoms with Crippen LogP contribution in [0.2, 0.25) is 0 Å². The Bertz CT molecular complexity index is 1080. The summed E-state index contributed by atoms with van der Waals surface area (Å²) in [7, 11) is 0. The highest BCUT2D eigenvalue weighted by Crippen LogP contribution is 2.36. The van der Waals surface area contributed by atoms with Gasteiger partial charge in [-0.15, -0.1) is 10.2 Å². The number of para-hydroxylation sites is 1. The smallest absolute Gasteiger partial charge is 0.242 e. The van der Waals surface area contributed by atoms with Crippen molar-refractivity contribution in [2.24, 2.45) is 0 Å². The maximum Gasteiger partial charge on any atom is 0.242 e. The van der Waals surface area contributed by atoms with Gasteiger partial charge in [-0.2, -0.15) is 0 Å². The highest BCUT2D eigenvalue weighted by atomic mass is 32.2. The Morgan fingerprint density at radius 2 is 1.59 bits per heavy atom. The Morgan fingerprint density at radius 3 is 2.28 bits per heavy atom. The van der Waals surface area contributed by atoms with Crippen LogP contribution in [0.3, 0.4) is 0 Å². The van der Waals surface area contributed by atoms with Gasteiger partial charge in [0.25, 0.3) is 0 Å². The molecule has 0 saturated heterocycles. The molecule has 0 bridgehead atoms. The minimum atomic E-state index is -0.562. The number of hydrogen-bond acceptors (Lipinski definition) is 4. The highest BCUT2D eigenvalue weighted by molar-refractivity contribution is 8.00. The van der Waals surface area contributed by atoms with Crippen molar-refractivity contribution < 1.29 is 9.18 Å². The number of hydrogen-bond donors (Lipinski definition) is 1. The Balaban J connectivity index is 1.63. The van der Waals surface area contributed by atoms with Gasteiger partial charge in [0.1, 0.15) is 17.4 Å². The third-order valence-corrected chi connectivity index (χ3v) is 5.44. The Hall–Kier alpha value is -3.45. The summed E-state index contributed by atoms with van der Waals surface area (Å²) in [6.45, 7) is 0. The van der Waals surface area contributed by atoms with Crippen LogP contribution in [0.5, 0.6) is 0 Å². The van der Waals surface area contributed by atoms with E-state index < -0.39 is 5.25 Å². The number of anilines is 1. The van der Waals surface area contributed by atoms with Gasteiger partial charge in [-0.05, 0) is 42.0 Å². The van der Waals surface area contributed by atoms with Crippen LogP contribution in [0, 0.1) is 5.82 Å². The first kappa shape index (κ1) is 18.9. The monoisotopic (exact) mass is 404 g/mol. The van der Waals surface area contributed by atoms with E-state index in [1.807, 2.05) is 65.2 Å². The highest BCUT2D eigenvalue weighted by Gasteiger charge is 2.25. The summed E-state index contributed by atoms with van der Waals surface area (Å²) in [6, 6.07) is 24.8. The lowest BCUT2D eigenvalue weighted by Gasteiger charge is -2.17. The zero-order valence-corrected chi connectivity index (χ0v) is 16.1. The third kappa shape index (κ3) is 4.52. The molecule has 5 nitrogen and oxygen atoms in total. The molecule has 0 aliphatic rings. The number of aromatic nitrogens is 3. The van der Waals surface area contributed by atoms with E-state index in [0.29, 0.717) is 10.8 Å². The maximum atomic E-state index is 13.2. The summed E-state index contributed by atoms with van der Waals surface area (Å²) in [6.07, 6.45) is 1.62. The summed E-state index contributed by atoms with van der Waals surface area (Å²) >= 11 is 1.30. The predicted molar refractivity (Wildman–Crippen MR) is 111 cm³/mol. The second kappa shape index (κ2) is 8.70. The number of carbonyl (C=O) groups is 1. The number of amides is 1. The van der Waals surface area contributed by atoms with Gasteiger partial charge in [0.15, 0.2) is 5.16 Å². The number of nitrogens with zero attached hydrogens (tertiary/aromatic N) is 3. The predicted octanol–water partition coefficient (Wildman–Crippen LogP) is 4.88. The molecule has 0 radical (unpaired) electrons. The van der Waals surface area contributed by atoms with Crippen LogP contribution < -0.4 is 5.32 Å². The zero-order valence-electron chi connectivity index (χ0n) is 15.3. The van der Waals surface area contributed by atoms with Crippen molar-refractivity contribution in [3.63, 3.8) is 0 Å². The summed E-state index contributed by atoms with van der Waals surface area (Å²) in [5, 5.41) is 11.1. The fraction of sp³-hybridized carbons (Fsp3) is 0.0455. The summed E-state index contributed by atoms with van der Waals surface area (Å²) in [4.78, 5) is 13.1. The molecule has 1 amide bonds. The van der Waals surface area contributed by atoms with Gasteiger partial charge in [0, 0.05) is 11.4 Å². The quantitative estimate of drug-likeness (QED) is 0.466. The molecule has 0 aliphatic carbocycles. The largest absolute Gasteiger partial charge is 0.325 e. The molecule has 0 saturated carbocycles. The van der Waals surface area contributed by atoms with Crippen LogP contribution in [-0.2, 0) is 4.79 Å². The lowest BCUT2D eigenvalue weighted by Crippen LogP contribution is -2.19. The molecule has 1 aromatic heterocycles. The number of thioether (sulfide) groups is 1. The molecule has 1 unspecified atom stereocenters. The van der Waals surface area contributed by atoms with Crippen LogP contribution in [0.1, 0.15) is 10.8 Å². The van der Waals surface area contributed by atoms with E-state index >= 15 is 0 Å². The minimum Gasteiger partial charge on any atom is -0.325 e. The zero-order chi connectivity index (χ0) is 20.1. The Kier molecular flexibility index (Phi) is 5.67. The number of benzene rings is 3. The van der Waals surface area contributed by atoms with Crippen LogP contribution in [-0.4, -0.2) is 20.7 Å². The van der Waals surface area contributed by atoms with Crippen molar-refractivity contribution in [1.29, 1.82) is 0 Å². The van der Waals surface area contributed by atoms with E-state index in [9.17, 15) is 9.18 Å². The standard InChI is InChI=1S/C22H17FN4OS/c23-17-11-13-18(14-12-17)25-21(28)20(16-7-3-1-4-8-16)29-22-26-24-15-27(22)19-9-5-2-6-10-19/h1-15,20H,(H,25,28). The maximum absolute atomic E-state index is 13.2. The molecule has 1 N–H and O–H groups in total. The molecule has 0 fully saturated rings. The molecule has 0 aliphatic heterocycles. The third-order valence-electron chi connectivity index (χ3n) is 4.23. The molecular weight excluding hydrogens is 387 g/mol. The van der Waals surface area contributed by atoms with Crippen molar-refractivity contribution in [2.45, 2.75) is 10.4 Å². The van der Waals surface area contributed by atoms with Crippen molar-refractivity contribution in [1.82, 2.24) is 14.8 Å². The molecule has 144 valence electrons. The van der Waals surface area contributed by atoms with Crippen LogP contribution in [0.4, 0.5) is 10.1 Å². The topological polar surface area (TPSA) is 59.8 Å². The first-order valence-corrected chi connectivity index (χ1v) is 9.82. The molecule has 4 aromatic rings. The SMILES string of the molecule is O=C(Nc1ccc(F)cc1)C(Sc1nncn1-c1ccccc1)c1ccccc1. The van der Waals surface area contributed by atoms with E-state index in [2.05, 4.69) is 15.5 Å². The average molecular weight is 404 g/mol. The second-order valence-corrected chi connectivity index (χ2v) is 7.30.